The maximum atomic E-state index is 13.1. The predicted molar refractivity (Wildman–Crippen MR) is 136 cm³/mol. The molecule has 0 aliphatic rings. The second-order valence-corrected chi connectivity index (χ2v) is 8.65. The third-order valence-electron chi connectivity index (χ3n) is 5.41. The van der Waals surface area contributed by atoms with Crippen molar-refractivity contribution in [2.75, 3.05) is 5.32 Å². The van der Waals surface area contributed by atoms with Gasteiger partial charge in [-0.25, -0.2) is 4.68 Å². The van der Waals surface area contributed by atoms with Crippen molar-refractivity contribution in [1.82, 2.24) is 20.2 Å². The Morgan fingerprint density at radius 2 is 1.59 bits per heavy atom. The van der Waals surface area contributed by atoms with Crippen LogP contribution in [0.2, 0.25) is 0 Å². The average molecular weight is 510 g/mol. The highest BCUT2D eigenvalue weighted by Crippen LogP contribution is 2.32. The van der Waals surface area contributed by atoms with E-state index in [2.05, 4.69) is 36.8 Å². The number of hydrogen-bond acceptors (Lipinski definition) is 4. The summed E-state index contributed by atoms with van der Waals surface area (Å²) in [4.78, 5) is 13.1. The van der Waals surface area contributed by atoms with Gasteiger partial charge < -0.3 is 5.32 Å². The highest BCUT2D eigenvalue weighted by molar-refractivity contribution is 9.10. The number of halogens is 1. The molecule has 1 N–H and O–H groups in total. The SMILES string of the molecule is O=C(Nc1cc(-c2ccccc2)ccc1-c1nnnn1Cc1ccccc1)c1cccc(Br)c1. The van der Waals surface area contributed by atoms with Gasteiger partial charge in [-0.05, 0) is 57.4 Å². The van der Waals surface area contributed by atoms with Gasteiger partial charge in [0.25, 0.3) is 5.91 Å². The molecule has 5 aromatic rings. The molecule has 0 atom stereocenters. The third-order valence-corrected chi connectivity index (χ3v) is 5.90. The largest absolute Gasteiger partial charge is 0.321 e. The van der Waals surface area contributed by atoms with Crippen LogP contribution in [0.5, 0.6) is 0 Å². The standard InChI is InChI=1S/C27H20BrN5O/c28-23-13-7-12-22(16-23)27(34)29-25-17-21(20-10-5-2-6-11-20)14-15-24(25)26-30-31-32-33(26)18-19-8-3-1-4-9-19/h1-17H,18H2,(H,29,34). The first-order valence-electron chi connectivity index (χ1n) is 10.7. The van der Waals surface area contributed by atoms with Crippen molar-refractivity contribution in [2.24, 2.45) is 0 Å². The molecular formula is C27H20BrN5O. The molecule has 0 saturated carbocycles. The van der Waals surface area contributed by atoms with Crippen molar-refractivity contribution in [3.05, 3.63) is 119 Å². The molecule has 1 heterocycles. The van der Waals surface area contributed by atoms with E-state index in [0.29, 0.717) is 23.6 Å². The van der Waals surface area contributed by atoms with E-state index in [1.165, 1.54) is 0 Å². The van der Waals surface area contributed by atoms with Gasteiger partial charge in [0.15, 0.2) is 5.82 Å². The van der Waals surface area contributed by atoms with Crippen LogP contribution in [-0.2, 0) is 6.54 Å². The number of tetrazole rings is 1. The molecule has 0 spiro atoms. The Morgan fingerprint density at radius 3 is 2.35 bits per heavy atom. The number of benzene rings is 4. The maximum absolute atomic E-state index is 13.1. The molecule has 7 heteroatoms. The second kappa shape index (κ2) is 9.80. The van der Waals surface area contributed by atoms with Crippen molar-refractivity contribution in [3.63, 3.8) is 0 Å². The zero-order valence-electron chi connectivity index (χ0n) is 18.1. The smallest absolute Gasteiger partial charge is 0.255 e. The van der Waals surface area contributed by atoms with Crippen LogP contribution in [0.4, 0.5) is 5.69 Å². The summed E-state index contributed by atoms with van der Waals surface area (Å²) in [6, 6.07) is 33.2. The van der Waals surface area contributed by atoms with E-state index >= 15 is 0 Å². The van der Waals surface area contributed by atoms with E-state index in [4.69, 9.17) is 0 Å². The number of amides is 1. The zero-order chi connectivity index (χ0) is 23.3. The molecule has 1 aromatic heterocycles. The molecule has 0 fully saturated rings. The van der Waals surface area contributed by atoms with Gasteiger partial charge in [0.1, 0.15) is 0 Å². The highest BCUT2D eigenvalue weighted by atomic mass is 79.9. The summed E-state index contributed by atoms with van der Waals surface area (Å²) >= 11 is 3.44. The lowest BCUT2D eigenvalue weighted by Crippen LogP contribution is -2.13. The topological polar surface area (TPSA) is 72.7 Å². The summed E-state index contributed by atoms with van der Waals surface area (Å²) in [5.41, 5.74) is 5.04. The van der Waals surface area contributed by atoms with Crippen LogP contribution in [0, 0.1) is 0 Å². The molecular weight excluding hydrogens is 490 g/mol. The number of hydrogen-bond donors (Lipinski definition) is 1. The summed E-state index contributed by atoms with van der Waals surface area (Å²) < 4.78 is 2.58. The van der Waals surface area contributed by atoms with Crippen molar-refractivity contribution >= 4 is 27.5 Å². The van der Waals surface area contributed by atoms with Crippen molar-refractivity contribution < 1.29 is 4.79 Å². The zero-order valence-corrected chi connectivity index (χ0v) is 19.7. The van der Waals surface area contributed by atoms with E-state index in [-0.39, 0.29) is 5.91 Å². The molecule has 1 amide bonds. The molecule has 0 aliphatic carbocycles. The number of nitrogens with one attached hydrogen (secondary N) is 1. The number of aromatic nitrogens is 4. The molecule has 34 heavy (non-hydrogen) atoms. The minimum atomic E-state index is -0.213. The Labute approximate surface area is 205 Å². The summed E-state index contributed by atoms with van der Waals surface area (Å²) in [6.07, 6.45) is 0. The fourth-order valence-electron chi connectivity index (χ4n) is 3.74. The van der Waals surface area contributed by atoms with Crippen molar-refractivity contribution in [2.45, 2.75) is 6.54 Å². The quantitative estimate of drug-likeness (QED) is 0.301. The predicted octanol–water partition coefficient (Wildman–Crippen LogP) is 6.07. The molecule has 0 unspecified atom stereocenters. The number of carbonyl (C=O) groups is 1. The lowest BCUT2D eigenvalue weighted by atomic mass is 10.0. The summed E-state index contributed by atoms with van der Waals surface area (Å²) in [7, 11) is 0. The molecule has 0 radical (unpaired) electrons. The maximum Gasteiger partial charge on any atom is 0.255 e. The van der Waals surface area contributed by atoms with Gasteiger partial charge in [0.05, 0.1) is 12.2 Å². The average Bonchev–Trinajstić information content (AvgIpc) is 3.33. The Morgan fingerprint density at radius 1 is 0.824 bits per heavy atom. The molecule has 0 aliphatic heterocycles. The van der Waals surface area contributed by atoms with E-state index in [1.54, 1.807) is 16.8 Å². The first kappa shape index (κ1) is 21.7. The van der Waals surface area contributed by atoms with Gasteiger partial charge in [-0.3, -0.25) is 4.79 Å². The van der Waals surface area contributed by atoms with Crippen LogP contribution in [-0.4, -0.2) is 26.1 Å². The Bertz CT molecular complexity index is 1430. The fraction of sp³-hybridized carbons (Fsp3) is 0.0370. The van der Waals surface area contributed by atoms with Crippen molar-refractivity contribution in [1.29, 1.82) is 0 Å². The lowest BCUT2D eigenvalue weighted by Gasteiger charge is -2.14. The molecule has 166 valence electrons. The monoisotopic (exact) mass is 509 g/mol. The number of anilines is 1. The molecule has 4 aromatic carbocycles. The van der Waals surface area contributed by atoms with Gasteiger partial charge in [-0.1, -0.05) is 88.7 Å². The van der Waals surface area contributed by atoms with Gasteiger partial charge in [-0.15, -0.1) is 5.10 Å². The number of nitrogens with zero attached hydrogens (tertiary/aromatic N) is 4. The Hall–Kier alpha value is -4.10. The lowest BCUT2D eigenvalue weighted by molar-refractivity contribution is 0.102. The number of carbonyl (C=O) groups excluding carboxylic acids is 1. The summed E-state index contributed by atoms with van der Waals surface area (Å²) in [5.74, 6) is 0.364. The highest BCUT2D eigenvalue weighted by Gasteiger charge is 2.17. The van der Waals surface area contributed by atoms with E-state index < -0.39 is 0 Å². The van der Waals surface area contributed by atoms with Gasteiger partial charge >= 0.3 is 0 Å². The molecule has 6 nitrogen and oxygen atoms in total. The van der Waals surface area contributed by atoms with E-state index in [0.717, 1.165) is 26.7 Å². The van der Waals surface area contributed by atoms with E-state index in [9.17, 15) is 4.79 Å². The first-order valence-corrected chi connectivity index (χ1v) is 11.5. The van der Waals surface area contributed by atoms with Crippen molar-refractivity contribution in [3.8, 4) is 22.5 Å². The van der Waals surface area contributed by atoms with Crippen LogP contribution in [0.15, 0.2) is 108 Å². The second-order valence-electron chi connectivity index (χ2n) is 7.74. The molecule has 0 saturated heterocycles. The summed E-state index contributed by atoms with van der Waals surface area (Å²) in [6.45, 7) is 0.516. The Balaban J connectivity index is 1.56. The first-order chi connectivity index (χ1) is 16.7. The van der Waals surface area contributed by atoms with Gasteiger partial charge in [0.2, 0.25) is 0 Å². The molecule has 0 bridgehead atoms. The van der Waals surface area contributed by atoms with Crippen LogP contribution in [0.1, 0.15) is 15.9 Å². The fourth-order valence-corrected chi connectivity index (χ4v) is 4.14. The van der Waals surface area contributed by atoms with E-state index in [1.807, 2.05) is 91.0 Å². The molecule has 5 rings (SSSR count). The minimum absolute atomic E-state index is 0.213. The third kappa shape index (κ3) is 4.79. The Kier molecular flexibility index (Phi) is 6.27. The van der Waals surface area contributed by atoms with Crippen LogP contribution in [0.3, 0.4) is 0 Å². The normalized spacial score (nSPS) is 10.7. The summed E-state index contributed by atoms with van der Waals surface area (Å²) in [5, 5.41) is 15.5. The van der Waals surface area contributed by atoms with Gasteiger partial charge in [0, 0.05) is 15.6 Å². The minimum Gasteiger partial charge on any atom is -0.321 e. The van der Waals surface area contributed by atoms with Gasteiger partial charge in [-0.2, -0.15) is 0 Å². The van der Waals surface area contributed by atoms with Crippen LogP contribution >= 0.6 is 15.9 Å². The number of rotatable bonds is 6. The van der Waals surface area contributed by atoms with Crippen LogP contribution in [0.25, 0.3) is 22.5 Å². The van der Waals surface area contributed by atoms with Crippen LogP contribution < -0.4 is 5.32 Å².